The number of aromatic amines is 1. The molecule has 1 atom stereocenters. The molecular weight excluding hydrogens is 348 g/mol. The first-order chi connectivity index (χ1) is 13.7. The van der Waals surface area contributed by atoms with Crippen molar-refractivity contribution in [1.29, 1.82) is 0 Å². The van der Waals surface area contributed by atoms with Gasteiger partial charge in [-0.25, -0.2) is 4.98 Å². The van der Waals surface area contributed by atoms with Crippen molar-refractivity contribution in [2.24, 2.45) is 5.73 Å². The molecule has 0 bridgehead atoms. The highest BCUT2D eigenvalue weighted by Gasteiger charge is 2.10. The van der Waals surface area contributed by atoms with Gasteiger partial charge in [-0.2, -0.15) is 0 Å². The molecule has 1 unspecified atom stereocenters. The molecule has 4 N–H and O–H groups in total. The summed E-state index contributed by atoms with van der Waals surface area (Å²) in [5, 5.41) is 4.66. The number of hydrogen-bond acceptors (Lipinski definition) is 4. The molecule has 0 fully saturated rings. The SMILES string of the molecule is COc1ccc(-c2cc(NCCC(N)c3cc[nH]c3)c3ccccc3n2)cc1. The minimum absolute atomic E-state index is 0.00732. The molecule has 0 spiro atoms. The number of nitrogens with one attached hydrogen (secondary N) is 2. The summed E-state index contributed by atoms with van der Waals surface area (Å²) < 4.78 is 5.26. The number of nitrogens with zero attached hydrogens (tertiary/aromatic N) is 1. The highest BCUT2D eigenvalue weighted by molar-refractivity contribution is 5.93. The number of nitrogens with two attached hydrogens (primary N) is 1. The van der Waals surface area contributed by atoms with E-state index in [1.165, 1.54) is 0 Å². The fraction of sp³-hybridized carbons (Fsp3) is 0.174. The second-order valence-corrected chi connectivity index (χ2v) is 6.77. The van der Waals surface area contributed by atoms with Gasteiger partial charge in [0.2, 0.25) is 0 Å². The highest BCUT2D eigenvalue weighted by Crippen LogP contribution is 2.29. The van der Waals surface area contributed by atoms with Crippen LogP contribution >= 0.6 is 0 Å². The zero-order valence-corrected chi connectivity index (χ0v) is 15.9. The third kappa shape index (κ3) is 3.85. The van der Waals surface area contributed by atoms with Gasteiger partial charge < -0.3 is 20.8 Å². The monoisotopic (exact) mass is 372 g/mol. The van der Waals surface area contributed by atoms with Crippen LogP contribution in [-0.4, -0.2) is 23.6 Å². The summed E-state index contributed by atoms with van der Waals surface area (Å²) >= 11 is 0. The Labute approximate surface area is 164 Å². The number of pyridine rings is 1. The molecule has 0 aliphatic carbocycles. The Morgan fingerprint density at radius 1 is 1.11 bits per heavy atom. The summed E-state index contributed by atoms with van der Waals surface area (Å²) in [5.41, 5.74) is 11.4. The van der Waals surface area contributed by atoms with Crippen LogP contribution in [0.15, 0.2) is 73.1 Å². The molecular formula is C23H24N4O. The standard InChI is InChI=1S/C23H24N4O/c1-28-18-8-6-16(7-9-18)22-14-23(19-4-2-3-5-21(19)27-22)26-13-11-20(24)17-10-12-25-15-17/h2-10,12,14-15,20,25H,11,13,24H2,1H3,(H,26,27). The highest BCUT2D eigenvalue weighted by atomic mass is 16.5. The average Bonchev–Trinajstić information content (AvgIpc) is 3.28. The number of H-pyrrole nitrogens is 1. The molecule has 142 valence electrons. The van der Waals surface area contributed by atoms with Crippen LogP contribution < -0.4 is 15.8 Å². The van der Waals surface area contributed by atoms with Gasteiger partial charge in [0, 0.05) is 41.6 Å². The number of ether oxygens (including phenoxy) is 1. The fourth-order valence-electron chi connectivity index (χ4n) is 3.33. The van der Waals surface area contributed by atoms with Crippen LogP contribution in [0.25, 0.3) is 22.2 Å². The Bertz CT molecular complexity index is 1040. The van der Waals surface area contributed by atoms with Crippen molar-refractivity contribution in [3.8, 4) is 17.0 Å². The summed E-state index contributed by atoms with van der Waals surface area (Å²) in [6, 6.07) is 20.3. The quantitative estimate of drug-likeness (QED) is 0.438. The number of anilines is 1. The molecule has 5 nitrogen and oxygen atoms in total. The van der Waals surface area contributed by atoms with E-state index in [2.05, 4.69) is 22.4 Å². The van der Waals surface area contributed by atoms with Crippen molar-refractivity contribution in [2.75, 3.05) is 19.0 Å². The van der Waals surface area contributed by atoms with E-state index in [4.69, 9.17) is 15.5 Å². The van der Waals surface area contributed by atoms with E-state index in [-0.39, 0.29) is 6.04 Å². The third-order valence-corrected chi connectivity index (χ3v) is 4.92. The van der Waals surface area contributed by atoms with Crippen LogP contribution in [0.1, 0.15) is 18.0 Å². The molecule has 0 aliphatic rings. The second-order valence-electron chi connectivity index (χ2n) is 6.77. The lowest BCUT2D eigenvalue weighted by molar-refractivity contribution is 0.415. The number of benzene rings is 2. The lowest BCUT2D eigenvalue weighted by atomic mass is 10.1. The molecule has 0 amide bonds. The first-order valence-electron chi connectivity index (χ1n) is 9.41. The van der Waals surface area contributed by atoms with Gasteiger partial charge in [0.1, 0.15) is 5.75 Å². The molecule has 0 saturated heterocycles. The molecule has 0 saturated carbocycles. The van der Waals surface area contributed by atoms with Crippen LogP contribution in [0, 0.1) is 0 Å². The van der Waals surface area contributed by atoms with Gasteiger partial charge >= 0.3 is 0 Å². The Morgan fingerprint density at radius 3 is 2.68 bits per heavy atom. The van der Waals surface area contributed by atoms with Crippen molar-refractivity contribution in [3.63, 3.8) is 0 Å². The number of aromatic nitrogens is 2. The van der Waals surface area contributed by atoms with Crippen molar-refractivity contribution in [1.82, 2.24) is 9.97 Å². The van der Waals surface area contributed by atoms with E-state index in [1.807, 2.05) is 60.9 Å². The largest absolute Gasteiger partial charge is 0.497 e. The maximum Gasteiger partial charge on any atom is 0.118 e. The fourth-order valence-corrected chi connectivity index (χ4v) is 3.33. The lowest BCUT2D eigenvalue weighted by Crippen LogP contribution is -2.15. The van der Waals surface area contributed by atoms with E-state index in [0.717, 1.165) is 52.1 Å². The Hall–Kier alpha value is -3.31. The van der Waals surface area contributed by atoms with Gasteiger partial charge in [-0.1, -0.05) is 18.2 Å². The van der Waals surface area contributed by atoms with Crippen LogP contribution in [0.5, 0.6) is 5.75 Å². The Balaban J connectivity index is 1.59. The molecule has 2 aromatic carbocycles. The smallest absolute Gasteiger partial charge is 0.118 e. The van der Waals surface area contributed by atoms with Gasteiger partial charge in [-0.05, 0) is 54.4 Å². The van der Waals surface area contributed by atoms with Crippen molar-refractivity contribution >= 4 is 16.6 Å². The number of fused-ring (bicyclic) bond motifs is 1. The number of hydrogen-bond donors (Lipinski definition) is 3. The predicted molar refractivity (Wildman–Crippen MR) is 115 cm³/mol. The van der Waals surface area contributed by atoms with E-state index in [9.17, 15) is 0 Å². The van der Waals surface area contributed by atoms with Crippen LogP contribution in [0.3, 0.4) is 0 Å². The Kier molecular flexibility index (Phi) is 5.26. The average molecular weight is 372 g/mol. The first kappa shape index (κ1) is 18.1. The molecule has 2 heterocycles. The molecule has 28 heavy (non-hydrogen) atoms. The number of methoxy groups -OCH3 is 1. The Morgan fingerprint density at radius 2 is 1.93 bits per heavy atom. The van der Waals surface area contributed by atoms with Gasteiger partial charge in [-0.15, -0.1) is 0 Å². The van der Waals surface area contributed by atoms with E-state index in [0.29, 0.717) is 0 Å². The molecule has 0 aliphatic heterocycles. The van der Waals surface area contributed by atoms with Crippen LogP contribution in [-0.2, 0) is 0 Å². The van der Waals surface area contributed by atoms with Crippen molar-refractivity contribution < 1.29 is 4.74 Å². The minimum atomic E-state index is 0.00732. The summed E-state index contributed by atoms with van der Waals surface area (Å²) in [6.07, 6.45) is 4.70. The van der Waals surface area contributed by atoms with Crippen LogP contribution in [0.4, 0.5) is 5.69 Å². The number of para-hydroxylation sites is 1. The van der Waals surface area contributed by atoms with Gasteiger partial charge in [0.25, 0.3) is 0 Å². The molecule has 0 radical (unpaired) electrons. The maximum absolute atomic E-state index is 6.28. The summed E-state index contributed by atoms with van der Waals surface area (Å²) in [5.74, 6) is 0.835. The zero-order valence-electron chi connectivity index (χ0n) is 15.9. The second kappa shape index (κ2) is 8.15. The van der Waals surface area contributed by atoms with E-state index >= 15 is 0 Å². The summed E-state index contributed by atoms with van der Waals surface area (Å²) in [4.78, 5) is 7.89. The van der Waals surface area contributed by atoms with Crippen molar-refractivity contribution in [2.45, 2.75) is 12.5 Å². The normalized spacial score (nSPS) is 12.1. The van der Waals surface area contributed by atoms with E-state index < -0.39 is 0 Å². The molecule has 4 aromatic rings. The summed E-state index contributed by atoms with van der Waals surface area (Å²) in [7, 11) is 1.67. The van der Waals surface area contributed by atoms with Crippen molar-refractivity contribution in [3.05, 3.63) is 78.6 Å². The molecule has 2 aromatic heterocycles. The molecule has 4 rings (SSSR count). The first-order valence-corrected chi connectivity index (χ1v) is 9.41. The maximum atomic E-state index is 6.28. The molecule has 5 heteroatoms. The predicted octanol–water partition coefficient (Wildman–Crippen LogP) is 4.74. The lowest BCUT2D eigenvalue weighted by Gasteiger charge is -2.14. The minimum Gasteiger partial charge on any atom is -0.497 e. The third-order valence-electron chi connectivity index (χ3n) is 4.92. The van der Waals surface area contributed by atoms with Gasteiger partial charge in [-0.3, -0.25) is 0 Å². The van der Waals surface area contributed by atoms with E-state index in [1.54, 1.807) is 7.11 Å². The summed E-state index contributed by atoms with van der Waals surface area (Å²) in [6.45, 7) is 0.780. The topological polar surface area (TPSA) is 76.0 Å². The van der Waals surface area contributed by atoms with Gasteiger partial charge in [0.15, 0.2) is 0 Å². The number of rotatable bonds is 7. The zero-order chi connectivity index (χ0) is 19.3. The van der Waals surface area contributed by atoms with Gasteiger partial charge in [0.05, 0.1) is 18.3 Å². The van der Waals surface area contributed by atoms with Crippen LogP contribution in [0.2, 0.25) is 0 Å².